The van der Waals surface area contributed by atoms with Crippen LogP contribution in [-0.4, -0.2) is 69.7 Å². The molecule has 0 radical (unpaired) electrons. The van der Waals surface area contributed by atoms with E-state index in [1.165, 1.54) is 51.9 Å². The lowest BCUT2D eigenvalue weighted by molar-refractivity contribution is 0.0893. The van der Waals surface area contributed by atoms with Gasteiger partial charge >= 0.3 is 0 Å². The van der Waals surface area contributed by atoms with E-state index in [1.807, 2.05) is 29.0 Å². The molecule has 2 fully saturated rings. The molecule has 3 heterocycles. The summed E-state index contributed by atoms with van der Waals surface area (Å²) in [6.07, 6.45) is 8.84. The van der Waals surface area contributed by atoms with E-state index in [0.717, 1.165) is 17.5 Å². The van der Waals surface area contributed by atoms with Crippen LogP contribution < -0.4 is 5.32 Å². The van der Waals surface area contributed by atoms with E-state index >= 15 is 0 Å². The zero-order chi connectivity index (χ0) is 15.6. The van der Waals surface area contributed by atoms with Crippen molar-refractivity contribution in [1.82, 2.24) is 24.4 Å². The average molecular weight is 314 g/mol. The second kappa shape index (κ2) is 6.45. The third-order valence-corrected chi connectivity index (χ3v) is 5.36. The standard InChI is InChI=1S/C17H26N6/c1-21-9-11-22(12-10-21)15-6-4-14(5-7-15)19-17-18-13-16-3-2-8-23(16)20-17/h2-3,8,13-15H,4-7,9-12H2,1H3,(H,19,20). The number of anilines is 1. The molecule has 1 saturated carbocycles. The van der Waals surface area contributed by atoms with Crippen LogP contribution in [0.5, 0.6) is 0 Å². The summed E-state index contributed by atoms with van der Waals surface area (Å²) in [6.45, 7) is 4.88. The van der Waals surface area contributed by atoms with Crippen molar-refractivity contribution in [2.45, 2.75) is 37.8 Å². The van der Waals surface area contributed by atoms with E-state index in [-0.39, 0.29) is 0 Å². The summed E-state index contributed by atoms with van der Waals surface area (Å²) in [5.41, 5.74) is 1.04. The first-order valence-electron chi connectivity index (χ1n) is 8.77. The van der Waals surface area contributed by atoms with Gasteiger partial charge in [0.15, 0.2) is 0 Å². The molecule has 1 aliphatic carbocycles. The highest BCUT2D eigenvalue weighted by Crippen LogP contribution is 2.25. The third kappa shape index (κ3) is 3.33. The molecule has 2 aromatic rings. The number of likely N-dealkylation sites (N-methyl/N-ethyl adjacent to an activating group) is 1. The molecule has 0 atom stereocenters. The molecule has 23 heavy (non-hydrogen) atoms. The minimum absolute atomic E-state index is 0.506. The summed E-state index contributed by atoms with van der Waals surface area (Å²) in [7, 11) is 2.22. The van der Waals surface area contributed by atoms with Crippen LogP contribution in [0.2, 0.25) is 0 Å². The molecule has 6 nitrogen and oxygen atoms in total. The monoisotopic (exact) mass is 314 g/mol. The van der Waals surface area contributed by atoms with Crippen molar-refractivity contribution >= 4 is 11.5 Å². The van der Waals surface area contributed by atoms with Gasteiger partial charge in [0.05, 0.1) is 11.7 Å². The first kappa shape index (κ1) is 14.9. The number of nitrogens with zero attached hydrogens (tertiary/aromatic N) is 5. The fourth-order valence-corrected chi connectivity index (χ4v) is 3.86. The van der Waals surface area contributed by atoms with Crippen LogP contribution in [-0.2, 0) is 0 Å². The Hall–Kier alpha value is -1.66. The zero-order valence-corrected chi connectivity index (χ0v) is 13.9. The average Bonchev–Trinajstić information content (AvgIpc) is 3.04. The molecule has 6 heteroatoms. The Balaban J connectivity index is 1.31. The smallest absolute Gasteiger partial charge is 0.241 e. The predicted octanol–water partition coefficient (Wildman–Crippen LogP) is 1.70. The first-order chi connectivity index (χ1) is 11.3. The molecular formula is C17H26N6. The van der Waals surface area contributed by atoms with Gasteiger partial charge in [-0.1, -0.05) is 0 Å². The van der Waals surface area contributed by atoms with Crippen LogP contribution >= 0.6 is 0 Å². The number of rotatable bonds is 3. The van der Waals surface area contributed by atoms with E-state index < -0.39 is 0 Å². The quantitative estimate of drug-likeness (QED) is 0.934. The van der Waals surface area contributed by atoms with Gasteiger partial charge in [-0.15, -0.1) is 5.10 Å². The molecule has 0 bridgehead atoms. The number of hydrogen-bond donors (Lipinski definition) is 1. The Kier molecular flexibility index (Phi) is 4.18. The molecular weight excluding hydrogens is 288 g/mol. The fraction of sp³-hybridized carbons (Fsp3) is 0.647. The Morgan fingerprint density at radius 1 is 1.09 bits per heavy atom. The maximum atomic E-state index is 4.53. The van der Waals surface area contributed by atoms with Crippen molar-refractivity contribution in [3.63, 3.8) is 0 Å². The normalized spacial score (nSPS) is 27.3. The maximum Gasteiger partial charge on any atom is 0.241 e. The van der Waals surface area contributed by atoms with E-state index in [1.54, 1.807) is 0 Å². The molecule has 124 valence electrons. The van der Waals surface area contributed by atoms with Gasteiger partial charge in [-0.2, -0.15) is 0 Å². The van der Waals surface area contributed by atoms with Crippen LogP contribution in [0.25, 0.3) is 5.52 Å². The Bertz CT molecular complexity index is 637. The van der Waals surface area contributed by atoms with Gasteiger partial charge in [-0.3, -0.25) is 4.90 Å². The highest BCUT2D eigenvalue weighted by Gasteiger charge is 2.27. The Morgan fingerprint density at radius 3 is 2.65 bits per heavy atom. The summed E-state index contributed by atoms with van der Waals surface area (Å²) < 4.78 is 1.88. The molecule has 0 unspecified atom stereocenters. The second-order valence-electron chi connectivity index (χ2n) is 6.95. The van der Waals surface area contributed by atoms with Gasteiger partial charge in [0, 0.05) is 44.5 Å². The molecule has 4 rings (SSSR count). The largest absolute Gasteiger partial charge is 0.350 e. The number of fused-ring (bicyclic) bond motifs is 1. The van der Waals surface area contributed by atoms with Gasteiger partial charge in [-0.25, -0.2) is 9.50 Å². The fourth-order valence-electron chi connectivity index (χ4n) is 3.86. The highest BCUT2D eigenvalue weighted by atomic mass is 15.3. The number of nitrogens with one attached hydrogen (secondary N) is 1. The van der Waals surface area contributed by atoms with E-state index in [4.69, 9.17) is 0 Å². The lowest BCUT2D eigenvalue weighted by Gasteiger charge is -2.41. The molecule has 1 aliphatic heterocycles. The summed E-state index contributed by atoms with van der Waals surface area (Å²) >= 11 is 0. The van der Waals surface area contributed by atoms with Crippen molar-refractivity contribution in [1.29, 1.82) is 0 Å². The molecule has 1 saturated heterocycles. The third-order valence-electron chi connectivity index (χ3n) is 5.36. The summed E-state index contributed by atoms with van der Waals surface area (Å²) in [6, 6.07) is 5.29. The van der Waals surface area contributed by atoms with E-state index in [2.05, 4.69) is 32.2 Å². The zero-order valence-electron chi connectivity index (χ0n) is 13.9. The summed E-state index contributed by atoms with van der Waals surface area (Å²) in [4.78, 5) is 9.55. The topological polar surface area (TPSA) is 48.7 Å². The molecule has 1 N–H and O–H groups in total. The van der Waals surface area contributed by atoms with E-state index in [0.29, 0.717) is 6.04 Å². The number of hydrogen-bond acceptors (Lipinski definition) is 5. The highest BCUT2D eigenvalue weighted by molar-refractivity contribution is 5.45. The minimum atomic E-state index is 0.506. The lowest BCUT2D eigenvalue weighted by Crippen LogP contribution is -2.50. The van der Waals surface area contributed by atoms with Gasteiger partial charge in [0.25, 0.3) is 0 Å². The van der Waals surface area contributed by atoms with Gasteiger partial charge in [0.1, 0.15) is 0 Å². The van der Waals surface area contributed by atoms with Crippen LogP contribution in [0.15, 0.2) is 24.5 Å². The van der Waals surface area contributed by atoms with E-state index in [9.17, 15) is 0 Å². The molecule has 2 aromatic heterocycles. The number of piperazine rings is 1. The van der Waals surface area contributed by atoms with Crippen LogP contribution in [0.4, 0.5) is 5.95 Å². The minimum Gasteiger partial charge on any atom is -0.350 e. The summed E-state index contributed by atoms with van der Waals surface area (Å²) in [5.74, 6) is 0.747. The van der Waals surface area contributed by atoms with Crippen molar-refractivity contribution in [2.75, 3.05) is 38.5 Å². The van der Waals surface area contributed by atoms with Crippen LogP contribution in [0.1, 0.15) is 25.7 Å². The maximum absolute atomic E-state index is 4.53. The molecule has 0 amide bonds. The van der Waals surface area contributed by atoms with Crippen LogP contribution in [0.3, 0.4) is 0 Å². The molecule has 0 spiro atoms. The van der Waals surface area contributed by atoms with Gasteiger partial charge in [-0.05, 0) is 44.9 Å². The predicted molar refractivity (Wildman–Crippen MR) is 91.7 cm³/mol. The Morgan fingerprint density at radius 2 is 1.87 bits per heavy atom. The number of aromatic nitrogens is 3. The van der Waals surface area contributed by atoms with Gasteiger partial charge in [0.2, 0.25) is 5.95 Å². The molecule has 0 aromatic carbocycles. The Labute approximate surface area is 137 Å². The van der Waals surface area contributed by atoms with Crippen molar-refractivity contribution in [2.24, 2.45) is 0 Å². The SMILES string of the molecule is CN1CCN(C2CCC(Nc3ncc4cccn4n3)CC2)CC1. The van der Waals surface area contributed by atoms with Crippen molar-refractivity contribution < 1.29 is 0 Å². The van der Waals surface area contributed by atoms with Crippen LogP contribution in [0, 0.1) is 0 Å². The molecule has 2 aliphatic rings. The van der Waals surface area contributed by atoms with Gasteiger partial charge < -0.3 is 10.2 Å². The second-order valence-corrected chi connectivity index (χ2v) is 6.95. The van der Waals surface area contributed by atoms with Crippen molar-refractivity contribution in [3.05, 3.63) is 24.5 Å². The summed E-state index contributed by atoms with van der Waals surface area (Å²) in [5, 5.41) is 8.05. The van der Waals surface area contributed by atoms with Crippen molar-refractivity contribution in [3.8, 4) is 0 Å². The lowest BCUT2D eigenvalue weighted by atomic mass is 9.90. The first-order valence-corrected chi connectivity index (χ1v) is 8.77.